The lowest BCUT2D eigenvalue weighted by Crippen LogP contribution is -2.57. The first-order chi connectivity index (χ1) is 13.4. The quantitative estimate of drug-likeness (QED) is 0.838. The van der Waals surface area contributed by atoms with Crippen LogP contribution in [-0.2, 0) is 0 Å². The van der Waals surface area contributed by atoms with Crippen molar-refractivity contribution >= 4 is 17.3 Å². The van der Waals surface area contributed by atoms with E-state index in [4.69, 9.17) is 16.3 Å². The molecule has 0 radical (unpaired) electrons. The van der Waals surface area contributed by atoms with Crippen molar-refractivity contribution in [1.29, 1.82) is 5.26 Å². The topological polar surface area (TPSA) is 59.7 Å². The van der Waals surface area contributed by atoms with Gasteiger partial charge < -0.3 is 14.7 Å². The third kappa shape index (κ3) is 3.44. The van der Waals surface area contributed by atoms with Gasteiger partial charge in [0.1, 0.15) is 17.5 Å². The highest BCUT2D eigenvalue weighted by molar-refractivity contribution is 6.30. The molecule has 0 spiro atoms. The molecular weight excluding hydrogens is 374 g/mol. The number of nitriles is 1. The molecular formula is C22H24ClN3O2. The number of rotatable bonds is 2. The van der Waals surface area contributed by atoms with E-state index in [9.17, 15) is 10.4 Å². The minimum absolute atomic E-state index is 0.195. The molecule has 2 aliphatic rings. The number of benzene rings is 2. The van der Waals surface area contributed by atoms with E-state index in [1.54, 1.807) is 6.07 Å². The molecule has 5 nitrogen and oxygen atoms in total. The molecule has 1 saturated heterocycles. The molecule has 6 heteroatoms. The van der Waals surface area contributed by atoms with Gasteiger partial charge in [-0.05, 0) is 56.3 Å². The van der Waals surface area contributed by atoms with Gasteiger partial charge in [-0.2, -0.15) is 5.26 Å². The van der Waals surface area contributed by atoms with E-state index in [2.05, 4.69) is 15.9 Å². The van der Waals surface area contributed by atoms with Crippen molar-refractivity contribution in [2.75, 3.05) is 31.1 Å². The van der Waals surface area contributed by atoms with Crippen molar-refractivity contribution in [2.45, 2.75) is 31.6 Å². The van der Waals surface area contributed by atoms with Gasteiger partial charge in [0.15, 0.2) is 0 Å². The second-order valence-corrected chi connectivity index (χ2v) is 8.40. The second-order valence-electron chi connectivity index (χ2n) is 7.96. The maximum atomic E-state index is 11.1. The summed E-state index contributed by atoms with van der Waals surface area (Å²) in [7, 11) is 0. The Hall–Kier alpha value is -2.26. The maximum absolute atomic E-state index is 11.1. The third-order valence-corrected chi connectivity index (χ3v) is 5.99. The summed E-state index contributed by atoms with van der Waals surface area (Å²) in [6, 6.07) is 15.4. The monoisotopic (exact) mass is 397 g/mol. The molecule has 2 aromatic rings. The van der Waals surface area contributed by atoms with Crippen LogP contribution in [-0.4, -0.2) is 47.9 Å². The standard InChI is InChI=1S/C22H24ClN3O2/c1-22(2)21(27)20(18-13-15(14-24)3-8-19(18)28-22)26-11-9-25(10-12-26)17-6-4-16(23)5-7-17/h3-8,13,20-21,27H,9-12H2,1-2H3. The van der Waals surface area contributed by atoms with Crippen molar-refractivity contribution in [3.05, 3.63) is 58.6 Å². The van der Waals surface area contributed by atoms with Crippen LogP contribution in [0.15, 0.2) is 42.5 Å². The lowest BCUT2D eigenvalue weighted by molar-refractivity contribution is -0.0942. The van der Waals surface area contributed by atoms with Gasteiger partial charge in [0.25, 0.3) is 0 Å². The molecule has 0 bridgehead atoms. The van der Waals surface area contributed by atoms with Crippen LogP contribution in [0.25, 0.3) is 0 Å². The Labute approximate surface area is 170 Å². The number of piperazine rings is 1. The van der Waals surface area contributed by atoms with Gasteiger partial charge in [-0.15, -0.1) is 0 Å². The van der Waals surface area contributed by atoms with Gasteiger partial charge in [0.05, 0.1) is 17.7 Å². The molecule has 2 atom stereocenters. The molecule has 4 rings (SSSR count). The van der Waals surface area contributed by atoms with Crippen LogP contribution in [0.5, 0.6) is 5.75 Å². The normalized spacial score (nSPS) is 24.2. The summed E-state index contributed by atoms with van der Waals surface area (Å²) in [4.78, 5) is 4.64. The number of fused-ring (bicyclic) bond motifs is 1. The fourth-order valence-corrected chi connectivity index (χ4v) is 4.27. The summed E-state index contributed by atoms with van der Waals surface area (Å²) in [5.74, 6) is 0.749. The van der Waals surface area contributed by atoms with Gasteiger partial charge in [-0.3, -0.25) is 4.90 Å². The van der Waals surface area contributed by atoms with Gasteiger partial charge in [-0.1, -0.05) is 11.6 Å². The van der Waals surface area contributed by atoms with Crippen molar-refractivity contribution in [2.24, 2.45) is 0 Å². The van der Waals surface area contributed by atoms with Crippen LogP contribution < -0.4 is 9.64 Å². The highest BCUT2D eigenvalue weighted by Crippen LogP contribution is 2.43. The zero-order valence-corrected chi connectivity index (χ0v) is 16.9. The molecule has 0 aliphatic carbocycles. The molecule has 2 aliphatic heterocycles. The first kappa shape index (κ1) is 19.1. The van der Waals surface area contributed by atoms with Crippen molar-refractivity contribution < 1.29 is 9.84 Å². The average molecular weight is 398 g/mol. The van der Waals surface area contributed by atoms with Gasteiger partial charge in [0.2, 0.25) is 0 Å². The fourth-order valence-electron chi connectivity index (χ4n) is 4.14. The summed E-state index contributed by atoms with van der Waals surface area (Å²) in [6.45, 7) is 7.18. The Bertz CT molecular complexity index is 899. The summed E-state index contributed by atoms with van der Waals surface area (Å²) < 4.78 is 6.04. The zero-order valence-electron chi connectivity index (χ0n) is 16.1. The lowest BCUT2D eigenvalue weighted by Gasteiger charge is -2.48. The van der Waals surface area contributed by atoms with E-state index in [-0.39, 0.29) is 6.04 Å². The molecule has 146 valence electrons. The predicted molar refractivity (Wildman–Crippen MR) is 110 cm³/mol. The van der Waals surface area contributed by atoms with Crippen molar-refractivity contribution in [3.63, 3.8) is 0 Å². The van der Waals surface area contributed by atoms with Crippen LogP contribution in [0, 0.1) is 11.3 Å². The van der Waals surface area contributed by atoms with Gasteiger partial charge in [-0.25, -0.2) is 0 Å². The number of hydrogen-bond acceptors (Lipinski definition) is 5. The minimum Gasteiger partial charge on any atom is -0.485 e. The maximum Gasteiger partial charge on any atom is 0.131 e. The van der Waals surface area contributed by atoms with Crippen LogP contribution >= 0.6 is 11.6 Å². The van der Waals surface area contributed by atoms with E-state index in [1.165, 1.54) is 0 Å². The minimum atomic E-state index is -0.695. The Morgan fingerprint density at radius 2 is 1.79 bits per heavy atom. The van der Waals surface area contributed by atoms with Crippen LogP contribution in [0.3, 0.4) is 0 Å². The van der Waals surface area contributed by atoms with E-state index < -0.39 is 11.7 Å². The van der Waals surface area contributed by atoms with Crippen LogP contribution in [0.2, 0.25) is 5.02 Å². The summed E-state index contributed by atoms with van der Waals surface area (Å²) in [5.41, 5.74) is 1.94. The van der Waals surface area contributed by atoms with Crippen LogP contribution in [0.1, 0.15) is 31.0 Å². The van der Waals surface area contributed by atoms with Crippen LogP contribution in [0.4, 0.5) is 5.69 Å². The highest BCUT2D eigenvalue weighted by Gasteiger charge is 2.45. The summed E-state index contributed by atoms with van der Waals surface area (Å²) >= 11 is 6.00. The molecule has 0 saturated carbocycles. The highest BCUT2D eigenvalue weighted by atomic mass is 35.5. The molecule has 2 unspecified atom stereocenters. The summed E-state index contributed by atoms with van der Waals surface area (Å²) in [6.07, 6.45) is -0.684. The molecule has 2 aromatic carbocycles. The Morgan fingerprint density at radius 1 is 1.11 bits per heavy atom. The van der Waals surface area contributed by atoms with Gasteiger partial charge in [0, 0.05) is 42.5 Å². The van der Waals surface area contributed by atoms with E-state index >= 15 is 0 Å². The number of hydrogen-bond donors (Lipinski definition) is 1. The van der Waals surface area contributed by atoms with E-state index in [0.717, 1.165) is 48.2 Å². The fraction of sp³-hybridized carbons (Fsp3) is 0.409. The average Bonchev–Trinajstić information content (AvgIpc) is 2.69. The summed E-state index contributed by atoms with van der Waals surface area (Å²) in [5, 5.41) is 21.1. The second kappa shape index (κ2) is 7.29. The van der Waals surface area contributed by atoms with E-state index in [0.29, 0.717) is 5.56 Å². The molecule has 1 fully saturated rings. The Morgan fingerprint density at radius 3 is 2.43 bits per heavy atom. The Kier molecular flexibility index (Phi) is 4.96. The van der Waals surface area contributed by atoms with Crippen molar-refractivity contribution in [3.8, 4) is 11.8 Å². The number of anilines is 1. The molecule has 0 amide bonds. The largest absolute Gasteiger partial charge is 0.485 e. The first-order valence-electron chi connectivity index (χ1n) is 9.55. The lowest BCUT2D eigenvalue weighted by atomic mass is 9.84. The predicted octanol–water partition coefficient (Wildman–Crippen LogP) is 3.61. The number of ether oxygens (including phenoxy) is 1. The smallest absolute Gasteiger partial charge is 0.131 e. The number of aliphatic hydroxyl groups is 1. The zero-order chi connectivity index (χ0) is 19.9. The number of aliphatic hydroxyl groups excluding tert-OH is 1. The molecule has 28 heavy (non-hydrogen) atoms. The number of halogens is 1. The number of nitrogens with zero attached hydrogens (tertiary/aromatic N) is 3. The van der Waals surface area contributed by atoms with Crippen molar-refractivity contribution in [1.82, 2.24) is 4.90 Å². The molecule has 0 aromatic heterocycles. The van der Waals surface area contributed by atoms with E-state index in [1.807, 2.05) is 50.2 Å². The van der Waals surface area contributed by atoms with Gasteiger partial charge >= 0.3 is 0 Å². The molecule has 2 heterocycles. The Balaban J connectivity index is 1.58. The molecule has 1 N–H and O–H groups in total. The third-order valence-electron chi connectivity index (χ3n) is 5.74. The first-order valence-corrected chi connectivity index (χ1v) is 9.92. The SMILES string of the molecule is CC1(C)Oc2ccc(C#N)cc2C(N2CCN(c3ccc(Cl)cc3)CC2)C1O.